The molecule has 1 aliphatic heterocycles. The molecule has 7 nitrogen and oxygen atoms in total. The Balaban J connectivity index is 2.08. The van der Waals surface area contributed by atoms with Crippen molar-refractivity contribution in [1.29, 1.82) is 0 Å². The number of rotatable bonds is 3. The van der Waals surface area contributed by atoms with Crippen LogP contribution in [0.5, 0.6) is 0 Å². The maximum absolute atomic E-state index is 12.7. The molecule has 1 aromatic carbocycles. The smallest absolute Gasteiger partial charge is 0.361 e. The van der Waals surface area contributed by atoms with Crippen molar-refractivity contribution < 1.29 is 17.7 Å². The van der Waals surface area contributed by atoms with Gasteiger partial charge in [0.2, 0.25) is 5.27 Å². The van der Waals surface area contributed by atoms with Gasteiger partial charge in [0.1, 0.15) is 0 Å². The first-order valence-corrected chi connectivity index (χ1v) is 9.05. The minimum Gasteiger partial charge on any atom is -0.361 e. The van der Waals surface area contributed by atoms with E-state index in [9.17, 15) is 8.42 Å². The number of benzene rings is 1. The number of thioether (sulfide) groups is 1. The Bertz CT molecular complexity index is 724. The first-order chi connectivity index (χ1) is 10.1. The molecule has 1 aliphatic rings. The van der Waals surface area contributed by atoms with Crippen LogP contribution in [-0.2, 0) is 9.84 Å². The number of nitrogens with two attached hydrogens (primary N) is 1. The van der Waals surface area contributed by atoms with E-state index in [4.69, 9.17) is 10.3 Å². The Morgan fingerprint density at radius 1 is 1.24 bits per heavy atom. The van der Waals surface area contributed by atoms with Gasteiger partial charge in [-0.25, -0.2) is 8.42 Å². The van der Waals surface area contributed by atoms with Crippen LogP contribution in [0.25, 0.3) is 0 Å². The fourth-order valence-electron chi connectivity index (χ4n) is 2.13. The number of aromatic nitrogens is 2. The Morgan fingerprint density at radius 2 is 1.90 bits per heavy atom. The zero-order valence-corrected chi connectivity index (χ0v) is 12.8. The minimum absolute atomic E-state index is 0.111. The fourth-order valence-corrected chi connectivity index (χ4v) is 4.42. The number of hydrogen-bond acceptors (Lipinski definition) is 7. The van der Waals surface area contributed by atoms with E-state index in [1.807, 2.05) is 16.8 Å². The summed E-state index contributed by atoms with van der Waals surface area (Å²) in [5.41, 5.74) is 5.71. The molecular formula is C12H15N4O3S2+. The first kappa shape index (κ1) is 14.2. The van der Waals surface area contributed by atoms with Crippen LogP contribution < -0.4 is 15.5 Å². The Hall–Kier alpha value is -1.74. The first-order valence-electron chi connectivity index (χ1n) is 6.41. The van der Waals surface area contributed by atoms with Crippen molar-refractivity contribution in [2.75, 3.05) is 35.3 Å². The molecule has 0 bridgehead atoms. The highest BCUT2D eigenvalue weighted by atomic mass is 32.2. The summed E-state index contributed by atoms with van der Waals surface area (Å²) in [5.74, 6) is 1.62. The monoisotopic (exact) mass is 327 g/mol. The van der Waals surface area contributed by atoms with E-state index >= 15 is 0 Å². The normalized spacial score (nSPS) is 16.1. The summed E-state index contributed by atoms with van der Waals surface area (Å²) in [6.45, 7) is 1.39. The summed E-state index contributed by atoms with van der Waals surface area (Å²) in [7, 11) is -3.77. The molecule has 1 aromatic heterocycles. The van der Waals surface area contributed by atoms with Gasteiger partial charge in [0.05, 0.1) is 22.8 Å². The highest BCUT2D eigenvalue weighted by molar-refractivity contribution is 7.99. The van der Waals surface area contributed by atoms with Crippen molar-refractivity contribution in [3.05, 3.63) is 30.3 Å². The van der Waals surface area contributed by atoms with Gasteiger partial charge in [-0.05, 0) is 12.1 Å². The van der Waals surface area contributed by atoms with Crippen LogP contribution in [0.15, 0.2) is 44.8 Å². The van der Waals surface area contributed by atoms with Crippen LogP contribution in [0.3, 0.4) is 0 Å². The van der Waals surface area contributed by atoms with Crippen LogP contribution in [0.2, 0.25) is 0 Å². The molecule has 0 atom stereocenters. The van der Waals surface area contributed by atoms with Gasteiger partial charge in [-0.15, -0.1) is 0 Å². The summed E-state index contributed by atoms with van der Waals surface area (Å²) >= 11 is 1.82. The van der Waals surface area contributed by atoms with Crippen LogP contribution in [0, 0.1) is 0 Å². The number of anilines is 1. The molecule has 9 heteroatoms. The molecule has 2 N–H and O–H groups in total. The molecule has 2 aromatic rings. The zero-order valence-electron chi connectivity index (χ0n) is 11.2. The summed E-state index contributed by atoms with van der Waals surface area (Å²) in [4.78, 5) is 1.44. The molecule has 112 valence electrons. The van der Waals surface area contributed by atoms with Gasteiger partial charge in [-0.2, -0.15) is 16.8 Å². The Labute approximate surface area is 126 Å². The third-order valence-electron chi connectivity index (χ3n) is 3.17. The zero-order chi connectivity index (χ0) is 14.9. The lowest BCUT2D eigenvalue weighted by molar-refractivity contribution is -0.789. The van der Waals surface area contributed by atoms with Crippen molar-refractivity contribution in [2.45, 2.75) is 9.92 Å². The van der Waals surface area contributed by atoms with Crippen molar-refractivity contribution >= 4 is 27.5 Å². The molecule has 0 spiro atoms. The van der Waals surface area contributed by atoms with Gasteiger partial charge < -0.3 is 5.73 Å². The second kappa shape index (κ2) is 5.57. The third kappa shape index (κ3) is 2.58. The van der Waals surface area contributed by atoms with E-state index in [1.165, 1.54) is 16.9 Å². The number of nitrogen functional groups attached to an aromatic ring is 1. The predicted molar refractivity (Wildman–Crippen MR) is 78.3 cm³/mol. The van der Waals surface area contributed by atoms with Gasteiger partial charge in [-0.3, -0.25) is 4.52 Å². The number of hydrogen-bond donors (Lipinski definition) is 1. The predicted octanol–water partition coefficient (Wildman–Crippen LogP) is 0.0619. The SMILES string of the molecule is Nc1on[n+](N2CCSCC2)c1S(=O)(=O)c1ccccc1. The molecule has 1 fully saturated rings. The minimum atomic E-state index is -3.77. The summed E-state index contributed by atoms with van der Waals surface area (Å²) in [6.07, 6.45) is 0. The Morgan fingerprint density at radius 3 is 2.57 bits per heavy atom. The summed E-state index contributed by atoms with van der Waals surface area (Å²) in [5, 5.41) is 5.50. The lowest BCUT2D eigenvalue weighted by atomic mass is 10.4. The fraction of sp³-hybridized carbons (Fsp3) is 0.333. The molecule has 0 radical (unpaired) electrons. The maximum atomic E-state index is 12.7. The second-order valence-corrected chi connectivity index (χ2v) is 7.60. The van der Waals surface area contributed by atoms with Crippen molar-refractivity contribution in [3.63, 3.8) is 0 Å². The molecule has 3 rings (SSSR count). The average Bonchev–Trinajstić information content (AvgIpc) is 2.91. The van der Waals surface area contributed by atoms with Gasteiger partial charge in [0, 0.05) is 11.5 Å². The van der Waals surface area contributed by atoms with E-state index in [1.54, 1.807) is 18.2 Å². The Kier molecular flexibility index (Phi) is 3.77. The van der Waals surface area contributed by atoms with Gasteiger partial charge in [-0.1, -0.05) is 18.2 Å². The molecular weight excluding hydrogens is 312 g/mol. The molecule has 0 aliphatic carbocycles. The maximum Gasteiger partial charge on any atom is 0.425 e. The average molecular weight is 327 g/mol. The van der Waals surface area contributed by atoms with E-state index < -0.39 is 9.84 Å². The van der Waals surface area contributed by atoms with Crippen LogP contribution >= 0.6 is 11.8 Å². The number of sulfone groups is 1. The van der Waals surface area contributed by atoms with Gasteiger partial charge >= 0.3 is 10.9 Å². The third-order valence-corrected chi connectivity index (χ3v) is 5.88. The van der Waals surface area contributed by atoms with E-state index in [0.717, 1.165) is 11.5 Å². The molecule has 0 saturated carbocycles. The molecule has 1 saturated heterocycles. The molecule has 0 unspecified atom stereocenters. The molecule has 0 amide bonds. The van der Waals surface area contributed by atoms with Crippen molar-refractivity contribution in [2.24, 2.45) is 0 Å². The highest BCUT2D eigenvalue weighted by Gasteiger charge is 2.41. The van der Waals surface area contributed by atoms with Crippen LogP contribution in [0.4, 0.5) is 5.88 Å². The van der Waals surface area contributed by atoms with Gasteiger partial charge in [0.25, 0.3) is 9.84 Å². The van der Waals surface area contributed by atoms with E-state index in [-0.39, 0.29) is 15.8 Å². The van der Waals surface area contributed by atoms with Crippen molar-refractivity contribution in [1.82, 2.24) is 5.27 Å². The van der Waals surface area contributed by atoms with E-state index in [0.29, 0.717) is 13.1 Å². The largest absolute Gasteiger partial charge is 0.425 e. The molecule has 21 heavy (non-hydrogen) atoms. The lowest BCUT2D eigenvalue weighted by Crippen LogP contribution is -2.64. The summed E-state index contributed by atoms with van der Waals surface area (Å²) in [6, 6.07) is 8.14. The van der Waals surface area contributed by atoms with Gasteiger partial charge in [0.15, 0.2) is 0 Å². The standard InChI is InChI=1S/C12H15N4O3S2/c13-11-12(21(17,18)10-4-2-1-3-5-10)16(14-19-11)15-6-8-20-9-7-15/h1-5H,6-9,13H2/q+1. The summed E-state index contributed by atoms with van der Waals surface area (Å²) < 4.78 is 30.4. The molecule has 2 heterocycles. The van der Waals surface area contributed by atoms with Crippen LogP contribution in [-0.4, -0.2) is 38.3 Å². The quantitative estimate of drug-likeness (QED) is 0.797. The highest BCUT2D eigenvalue weighted by Crippen LogP contribution is 2.22. The lowest BCUT2D eigenvalue weighted by Gasteiger charge is -2.18. The number of nitrogens with zero attached hydrogens (tertiary/aromatic N) is 3. The van der Waals surface area contributed by atoms with Crippen molar-refractivity contribution in [3.8, 4) is 0 Å². The van der Waals surface area contributed by atoms with Crippen LogP contribution in [0.1, 0.15) is 0 Å². The second-order valence-electron chi connectivity index (χ2n) is 4.51. The topological polar surface area (TPSA) is 93.3 Å². The van der Waals surface area contributed by atoms with E-state index in [2.05, 4.69) is 5.27 Å².